The topological polar surface area (TPSA) is 25.2 Å². The van der Waals surface area contributed by atoms with E-state index >= 15 is 0 Å². The van der Waals surface area contributed by atoms with Crippen molar-refractivity contribution < 1.29 is 4.79 Å². The molecular formula is C25H29ClN2O. The van der Waals surface area contributed by atoms with Gasteiger partial charge in [-0.3, -0.25) is 4.79 Å². The van der Waals surface area contributed by atoms with E-state index in [1.165, 1.54) is 5.56 Å². The first-order valence-electron chi connectivity index (χ1n) is 10.3. The third-order valence-corrected chi connectivity index (χ3v) is 5.44. The van der Waals surface area contributed by atoms with Crippen LogP contribution in [0.1, 0.15) is 48.3 Å². The molecule has 0 aliphatic carbocycles. The predicted octanol–water partition coefficient (Wildman–Crippen LogP) is 6.68. The van der Waals surface area contributed by atoms with Crippen LogP contribution in [0.15, 0.2) is 54.6 Å². The SMILES string of the molecule is CCCN(CCC)C(=O)c1cc(-c2ccc(Cl)cc2)n(-c2ccc(C)cc2)c1C. The smallest absolute Gasteiger partial charge is 0.255 e. The van der Waals surface area contributed by atoms with Crippen molar-refractivity contribution in [2.45, 2.75) is 40.5 Å². The van der Waals surface area contributed by atoms with Crippen molar-refractivity contribution in [2.75, 3.05) is 13.1 Å². The van der Waals surface area contributed by atoms with Crippen LogP contribution in [0, 0.1) is 13.8 Å². The van der Waals surface area contributed by atoms with E-state index in [4.69, 9.17) is 11.6 Å². The van der Waals surface area contributed by atoms with E-state index in [-0.39, 0.29) is 5.91 Å². The van der Waals surface area contributed by atoms with Gasteiger partial charge in [-0.2, -0.15) is 0 Å². The minimum absolute atomic E-state index is 0.104. The highest BCUT2D eigenvalue weighted by Gasteiger charge is 2.23. The summed E-state index contributed by atoms with van der Waals surface area (Å²) >= 11 is 6.10. The molecule has 2 aromatic carbocycles. The summed E-state index contributed by atoms with van der Waals surface area (Å²) in [6, 6.07) is 18.2. The molecule has 0 fully saturated rings. The Bertz CT molecular complexity index is 965. The molecule has 0 aliphatic rings. The normalized spacial score (nSPS) is 10.9. The number of rotatable bonds is 7. The molecule has 152 valence electrons. The molecule has 0 radical (unpaired) electrons. The van der Waals surface area contributed by atoms with E-state index in [0.29, 0.717) is 5.02 Å². The Morgan fingerprint density at radius 2 is 1.52 bits per heavy atom. The Morgan fingerprint density at radius 1 is 0.931 bits per heavy atom. The van der Waals surface area contributed by atoms with Gasteiger partial charge in [0.05, 0.1) is 11.3 Å². The van der Waals surface area contributed by atoms with E-state index in [2.05, 4.69) is 49.6 Å². The maximum Gasteiger partial charge on any atom is 0.255 e. The second-order valence-corrected chi connectivity index (χ2v) is 7.94. The zero-order chi connectivity index (χ0) is 21.0. The molecule has 4 heteroatoms. The molecule has 0 unspecified atom stereocenters. The maximum absolute atomic E-state index is 13.4. The van der Waals surface area contributed by atoms with Crippen LogP contribution in [0.4, 0.5) is 0 Å². The van der Waals surface area contributed by atoms with E-state index in [1.807, 2.05) is 42.2 Å². The van der Waals surface area contributed by atoms with E-state index in [9.17, 15) is 4.79 Å². The first-order valence-corrected chi connectivity index (χ1v) is 10.7. The monoisotopic (exact) mass is 408 g/mol. The zero-order valence-electron chi connectivity index (χ0n) is 17.7. The summed E-state index contributed by atoms with van der Waals surface area (Å²) in [4.78, 5) is 15.3. The van der Waals surface area contributed by atoms with Gasteiger partial charge >= 0.3 is 0 Å². The highest BCUT2D eigenvalue weighted by molar-refractivity contribution is 6.30. The molecule has 3 nitrogen and oxygen atoms in total. The van der Waals surface area contributed by atoms with Crippen LogP contribution in [0.2, 0.25) is 5.02 Å². The number of hydrogen-bond donors (Lipinski definition) is 0. The number of aromatic nitrogens is 1. The van der Waals surface area contributed by atoms with Crippen LogP contribution >= 0.6 is 11.6 Å². The molecule has 1 aromatic heterocycles. The molecule has 1 amide bonds. The number of carbonyl (C=O) groups is 1. The van der Waals surface area contributed by atoms with Crippen LogP contribution in [0.3, 0.4) is 0 Å². The number of aryl methyl sites for hydroxylation is 1. The highest BCUT2D eigenvalue weighted by Crippen LogP contribution is 2.31. The molecule has 0 aliphatic heterocycles. The molecule has 3 aromatic rings. The highest BCUT2D eigenvalue weighted by atomic mass is 35.5. The lowest BCUT2D eigenvalue weighted by molar-refractivity contribution is 0.0755. The summed E-state index contributed by atoms with van der Waals surface area (Å²) in [5, 5.41) is 0.701. The molecule has 0 saturated heterocycles. The van der Waals surface area contributed by atoms with E-state index in [0.717, 1.165) is 54.1 Å². The van der Waals surface area contributed by atoms with Gasteiger partial charge in [-0.15, -0.1) is 0 Å². The molecule has 0 atom stereocenters. The Balaban J connectivity index is 2.16. The van der Waals surface area contributed by atoms with Crippen LogP contribution in [-0.2, 0) is 0 Å². The zero-order valence-corrected chi connectivity index (χ0v) is 18.5. The lowest BCUT2D eigenvalue weighted by Gasteiger charge is -2.21. The molecule has 0 N–H and O–H groups in total. The molecular weight excluding hydrogens is 380 g/mol. The molecule has 29 heavy (non-hydrogen) atoms. The van der Waals surface area contributed by atoms with E-state index in [1.54, 1.807) is 0 Å². The number of hydrogen-bond acceptors (Lipinski definition) is 1. The lowest BCUT2D eigenvalue weighted by Crippen LogP contribution is -2.32. The first kappa shape index (κ1) is 21.2. The quantitative estimate of drug-likeness (QED) is 0.428. The third kappa shape index (κ3) is 4.56. The first-order chi connectivity index (χ1) is 14.0. The third-order valence-electron chi connectivity index (χ3n) is 5.18. The van der Waals surface area contributed by atoms with Crippen molar-refractivity contribution in [3.05, 3.63) is 76.4 Å². The van der Waals surface area contributed by atoms with Crippen molar-refractivity contribution in [2.24, 2.45) is 0 Å². The van der Waals surface area contributed by atoms with Crippen molar-refractivity contribution in [3.8, 4) is 16.9 Å². The minimum Gasteiger partial charge on any atom is -0.339 e. The van der Waals surface area contributed by atoms with Gasteiger partial charge in [0.2, 0.25) is 0 Å². The molecule has 0 spiro atoms. The van der Waals surface area contributed by atoms with Crippen LogP contribution in [0.25, 0.3) is 16.9 Å². The van der Waals surface area contributed by atoms with Gasteiger partial charge in [0, 0.05) is 29.5 Å². The average Bonchev–Trinajstić information content (AvgIpc) is 3.05. The summed E-state index contributed by atoms with van der Waals surface area (Å²) in [6.07, 6.45) is 1.90. The fourth-order valence-electron chi connectivity index (χ4n) is 3.71. The van der Waals surface area contributed by atoms with Gasteiger partial charge < -0.3 is 9.47 Å². The minimum atomic E-state index is 0.104. The Labute approximate surface area is 178 Å². The largest absolute Gasteiger partial charge is 0.339 e. The number of amides is 1. The van der Waals surface area contributed by atoms with Gasteiger partial charge in [-0.1, -0.05) is 55.3 Å². The standard InChI is InChI=1S/C25H29ClN2O/c1-5-15-27(16-6-2)25(29)23-17-24(20-9-11-21(26)12-10-20)28(19(23)4)22-13-7-18(3)8-14-22/h7-14,17H,5-6,15-16H2,1-4H3. The predicted molar refractivity (Wildman–Crippen MR) is 122 cm³/mol. The molecule has 0 saturated carbocycles. The number of nitrogens with zero attached hydrogens (tertiary/aromatic N) is 2. The summed E-state index contributed by atoms with van der Waals surface area (Å²) in [5.74, 6) is 0.104. The van der Waals surface area contributed by atoms with Crippen molar-refractivity contribution >= 4 is 17.5 Å². The molecule has 0 bridgehead atoms. The van der Waals surface area contributed by atoms with Crippen molar-refractivity contribution in [1.29, 1.82) is 0 Å². The second kappa shape index (κ2) is 9.32. The summed E-state index contributed by atoms with van der Waals surface area (Å²) in [7, 11) is 0. The fraction of sp³-hybridized carbons (Fsp3) is 0.320. The Hall–Kier alpha value is -2.52. The second-order valence-electron chi connectivity index (χ2n) is 7.50. The van der Waals surface area contributed by atoms with Gasteiger partial charge in [-0.05, 0) is 62.6 Å². The molecule has 3 rings (SSSR count). The maximum atomic E-state index is 13.4. The summed E-state index contributed by atoms with van der Waals surface area (Å²) < 4.78 is 2.17. The number of benzene rings is 2. The van der Waals surface area contributed by atoms with Crippen LogP contribution in [-0.4, -0.2) is 28.5 Å². The molecule has 1 heterocycles. The lowest BCUT2D eigenvalue weighted by atomic mass is 10.1. The van der Waals surface area contributed by atoms with Crippen LogP contribution < -0.4 is 0 Å². The summed E-state index contributed by atoms with van der Waals surface area (Å²) in [5.41, 5.74) is 6.02. The Morgan fingerprint density at radius 3 is 2.07 bits per heavy atom. The van der Waals surface area contributed by atoms with Gasteiger partial charge in [0.1, 0.15) is 0 Å². The van der Waals surface area contributed by atoms with Gasteiger partial charge in [0.25, 0.3) is 5.91 Å². The van der Waals surface area contributed by atoms with E-state index < -0.39 is 0 Å². The fourth-order valence-corrected chi connectivity index (χ4v) is 3.83. The van der Waals surface area contributed by atoms with Crippen molar-refractivity contribution in [1.82, 2.24) is 9.47 Å². The van der Waals surface area contributed by atoms with Crippen LogP contribution in [0.5, 0.6) is 0 Å². The van der Waals surface area contributed by atoms with Gasteiger partial charge in [0.15, 0.2) is 0 Å². The van der Waals surface area contributed by atoms with Gasteiger partial charge in [-0.25, -0.2) is 0 Å². The number of carbonyl (C=O) groups excluding carboxylic acids is 1. The average molecular weight is 409 g/mol. The van der Waals surface area contributed by atoms with Crippen molar-refractivity contribution in [3.63, 3.8) is 0 Å². The number of halogens is 1. The summed E-state index contributed by atoms with van der Waals surface area (Å²) in [6.45, 7) is 9.88. The Kier molecular flexibility index (Phi) is 6.81.